The second-order valence-corrected chi connectivity index (χ2v) is 9.88. The van der Waals surface area contributed by atoms with Gasteiger partial charge in [-0.25, -0.2) is 0 Å². The summed E-state index contributed by atoms with van der Waals surface area (Å²) in [6, 6.07) is 16.0. The van der Waals surface area contributed by atoms with Crippen LogP contribution in [-0.4, -0.2) is 37.1 Å². The van der Waals surface area contributed by atoms with Crippen molar-refractivity contribution >= 4 is 5.97 Å². The maximum Gasteiger partial charge on any atom is 0.308 e. The van der Waals surface area contributed by atoms with E-state index in [1.54, 1.807) is 0 Å². The van der Waals surface area contributed by atoms with E-state index < -0.39 is 0 Å². The fraction of sp³-hybridized carbons (Fsp3) is 0.500. The van der Waals surface area contributed by atoms with E-state index in [-0.39, 0.29) is 18.0 Å². The Morgan fingerprint density at radius 3 is 2.67 bits per heavy atom. The predicted octanol–water partition coefficient (Wildman–Crippen LogP) is 4.11. The van der Waals surface area contributed by atoms with E-state index >= 15 is 0 Å². The fourth-order valence-corrected chi connectivity index (χ4v) is 6.23. The minimum atomic E-state index is -0.0350. The number of methoxy groups -OCH3 is 1. The van der Waals surface area contributed by atoms with Gasteiger partial charge in [-0.1, -0.05) is 30.3 Å². The second-order valence-electron chi connectivity index (χ2n) is 9.88. The Hall–Kier alpha value is -2.33. The molecule has 30 heavy (non-hydrogen) atoms. The van der Waals surface area contributed by atoms with Crippen molar-refractivity contribution in [3.63, 3.8) is 0 Å². The van der Waals surface area contributed by atoms with E-state index in [1.165, 1.54) is 35.8 Å². The van der Waals surface area contributed by atoms with Crippen molar-refractivity contribution in [2.75, 3.05) is 20.2 Å². The first-order valence-corrected chi connectivity index (χ1v) is 11.3. The summed E-state index contributed by atoms with van der Waals surface area (Å²) in [6.07, 6.45) is 6.65. The van der Waals surface area contributed by atoms with Crippen LogP contribution in [-0.2, 0) is 28.8 Å². The molecule has 0 radical (unpaired) electrons. The van der Waals surface area contributed by atoms with Crippen LogP contribution in [0.1, 0.15) is 47.6 Å². The summed E-state index contributed by atoms with van der Waals surface area (Å²) in [5, 5.41) is 0. The first kappa shape index (κ1) is 18.4. The maximum atomic E-state index is 11.6. The largest absolute Gasteiger partial charge is 0.486 e. The zero-order chi connectivity index (χ0) is 20.3. The average molecular weight is 404 g/mol. The van der Waals surface area contributed by atoms with Gasteiger partial charge in [-0.05, 0) is 72.9 Å². The number of rotatable bonds is 4. The number of nitrogens with zero attached hydrogens (tertiary/aromatic N) is 1. The lowest BCUT2D eigenvalue weighted by molar-refractivity contribution is -0.154. The summed E-state index contributed by atoms with van der Waals surface area (Å²) in [7, 11) is 1.49. The lowest BCUT2D eigenvalue weighted by Crippen LogP contribution is -2.63. The van der Waals surface area contributed by atoms with Gasteiger partial charge in [-0.2, -0.15) is 0 Å². The molecule has 6 rings (SSSR count). The SMILES string of the molecule is COC(=O)C1CC(N2CC3(Cc4ccc(OC5CCc6ccccc65)cc4C3)C2)C1. The molecule has 0 amide bonds. The number of likely N-dealkylation sites (tertiary alicyclic amines) is 1. The molecule has 1 unspecified atom stereocenters. The first-order valence-electron chi connectivity index (χ1n) is 11.3. The van der Waals surface area contributed by atoms with Crippen LogP contribution in [0, 0.1) is 11.3 Å². The molecule has 4 aliphatic rings. The molecule has 2 fully saturated rings. The zero-order valence-corrected chi connectivity index (χ0v) is 17.6. The van der Waals surface area contributed by atoms with Crippen molar-refractivity contribution < 1.29 is 14.3 Å². The number of fused-ring (bicyclic) bond motifs is 2. The monoisotopic (exact) mass is 403 g/mol. The zero-order valence-electron chi connectivity index (χ0n) is 17.6. The molecule has 1 aliphatic heterocycles. The van der Waals surface area contributed by atoms with Gasteiger partial charge in [-0.15, -0.1) is 0 Å². The highest BCUT2D eigenvalue weighted by Gasteiger charge is 2.51. The predicted molar refractivity (Wildman–Crippen MR) is 115 cm³/mol. The van der Waals surface area contributed by atoms with Crippen LogP contribution < -0.4 is 4.74 Å². The summed E-state index contributed by atoms with van der Waals surface area (Å²) in [4.78, 5) is 14.2. The van der Waals surface area contributed by atoms with Crippen molar-refractivity contribution in [2.45, 2.75) is 50.7 Å². The van der Waals surface area contributed by atoms with Crippen LogP contribution >= 0.6 is 0 Å². The van der Waals surface area contributed by atoms with E-state index in [9.17, 15) is 4.79 Å². The number of hydrogen-bond acceptors (Lipinski definition) is 4. The summed E-state index contributed by atoms with van der Waals surface area (Å²) >= 11 is 0. The molecule has 1 saturated carbocycles. The van der Waals surface area contributed by atoms with Gasteiger partial charge in [0.15, 0.2) is 0 Å². The van der Waals surface area contributed by atoms with Crippen LogP contribution in [0.15, 0.2) is 42.5 Å². The maximum absolute atomic E-state index is 11.6. The molecule has 4 heteroatoms. The number of carbonyl (C=O) groups excluding carboxylic acids is 1. The molecule has 0 bridgehead atoms. The van der Waals surface area contributed by atoms with E-state index in [0.29, 0.717) is 11.5 Å². The lowest BCUT2D eigenvalue weighted by Gasteiger charge is -2.55. The van der Waals surface area contributed by atoms with Crippen LogP contribution in [0.5, 0.6) is 5.75 Å². The van der Waals surface area contributed by atoms with Gasteiger partial charge < -0.3 is 9.47 Å². The van der Waals surface area contributed by atoms with E-state index in [4.69, 9.17) is 9.47 Å². The van der Waals surface area contributed by atoms with Crippen LogP contribution in [0.25, 0.3) is 0 Å². The van der Waals surface area contributed by atoms with Crippen LogP contribution in [0.3, 0.4) is 0 Å². The highest BCUT2D eigenvalue weighted by molar-refractivity contribution is 5.73. The fourth-order valence-electron chi connectivity index (χ4n) is 6.23. The van der Waals surface area contributed by atoms with Gasteiger partial charge in [0.25, 0.3) is 0 Å². The average Bonchev–Trinajstić information content (AvgIpc) is 3.28. The number of esters is 1. The molecule has 1 saturated heterocycles. The normalized spacial score (nSPS) is 28.4. The molecule has 0 aromatic heterocycles. The number of carbonyl (C=O) groups is 1. The Labute approximate surface area is 178 Å². The molecule has 4 nitrogen and oxygen atoms in total. The Morgan fingerprint density at radius 1 is 1.03 bits per heavy atom. The molecular formula is C26H29NO3. The third-order valence-electron chi connectivity index (χ3n) is 7.91. The van der Waals surface area contributed by atoms with Gasteiger partial charge in [0, 0.05) is 24.5 Å². The molecule has 1 spiro atoms. The topological polar surface area (TPSA) is 38.8 Å². The molecule has 1 heterocycles. The lowest BCUT2D eigenvalue weighted by atomic mass is 9.71. The van der Waals surface area contributed by atoms with Gasteiger partial charge >= 0.3 is 5.97 Å². The highest BCUT2D eigenvalue weighted by Crippen LogP contribution is 2.48. The Morgan fingerprint density at radius 2 is 1.83 bits per heavy atom. The van der Waals surface area contributed by atoms with Crippen molar-refractivity contribution in [1.29, 1.82) is 0 Å². The summed E-state index contributed by atoms with van der Waals surface area (Å²) < 4.78 is 11.3. The van der Waals surface area contributed by atoms with E-state index in [1.807, 2.05) is 0 Å². The van der Waals surface area contributed by atoms with Crippen molar-refractivity contribution in [3.8, 4) is 5.75 Å². The van der Waals surface area contributed by atoms with Crippen molar-refractivity contribution in [2.24, 2.45) is 11.3 Å². The molecule has 2 aromatic carbocycles. The number of ether oxygens (including phenoxy) is 2. The number of aryl methyl sites for hydroxylation is 1. The van der Waals surface area contributed by atoms with Gasteiger partial charge in [-0.3, -0.25) is 9.69 Å². The minimum absolute atomic E-state index is 0.0350. The molecule has 156 valence electrons. The summed E-state index contributed by atoms with van der Waals surface area (Å²) in [6.45, 7) is 2.32. The first-order chi connectivity index (χ1) is 14.6. The second kappa shape index (κ2) is 6.84. The minimum Gasteiger partial charge on any atom is -0.486 e. The van der Waals surface area contributed by atoms with E-state index in [2.05, 4.69) is 47.4 Å². The molecule has 0 N–H and O–H groups in total. The summed E-state index contributed by atoms with van der Waals surface area (Å²) in [5.41, 5.74) is 6.16. The Kier molecular flexibility index (Phi) is 4.21. The summed E-state index contributed by atoms with van der Waals surface area (Å²) in [5.74, 6) is 1.11. The highest BCUT2D eigenvalue weighted by atomic mass is 16.5. The van der Waals surface area contributed by atoms with Crippen molar-refractivity contribution in [3.05, 3.63) is 64.7 Å². The van der Waals surface area contributed by atoms with Gasteiger partial charge in [0.2, 0.25) is 0 Å². The third-order valence-corrected chi connectivity index (χ3v) is 7.91. The van der Waals surface area contributed by atoms with Crippen LogP contribution in [0.4, 0.5) is 0 Å². The number of hydrogen-bond donors (Lipinski definition) is 0. The molecular weight excluding hydrogens is 374 g/mol. The Balaban J connectivity index is 1.08. The number of benzene rings is 2. The van der Waals surface area contributed by atoms with Crippen molar-refractivity contribution in [1.82, 2.24) is 4.90 Å². The van der Waals surface area contributed by atoms with Gasteiger partial charge in [0.05, 0.1) is 13.0 Å². The van der Waals surface area contributed by atoms with E-state index in [0.717, 1.165) is 50.9 Å². The quantitative estimate of drug-likeness (QED) is 0.721. The Bertz CT molecular complexity index is 988. The molecule has 3 aliphatic carbocycles. The van der Waals surface area contributed by atoms with Gasteiger partial charge in [0.1, 0.15) is 11.9 Å². The molecule has 1 atom stereocenters. The molecule has 2 aromatic rings. The van der Waals surface area contributed by atoms with Crippen LogP contribution in [0.2, 0.25) is 0 Å². The third kappa shape index (κ3) is 2.96. The standard InChI is InChI=1S/C26H29NO3/c1-29-25(28)19-10-21(11-19)27-15-26(16-27)13-18-6-8-22(12-20(18)14-26)30-24-9-7-17-4-2-3-5-23(17)24/h2-6,8,12,19,21,24H,7,9-11,13-16H2,1H3. The smallest absolute Gasteiger partial charge is 0.308 e.